The molecule has 0 radical (unpaired) electrons. The van der Waals surface area contributed by atoms with Gasteiger partial charge in [-0.25, -0.2) is 0 Å². The highest BCUT2D eigenvalue weighted by Gasteiger charge is 2.33. The van der Waals surface area contributed by atoms with Gasteiger partial charge in [0.2, 0.25) is 0 Å². The zero-order valence-electron chi connectivity index (χ0n) is 17.5. The average Bonchev–Trinajstić information content (AvgIpc) is 3.13. The van der Waals surface area contributed by atoms with Crippen molar-refractivity contribution in [1.29, 1.82) is 0 Å². The fourth-order valence-electron chi connectivity index (χ4n) is 4.49. The second kappa shape index (κ2) is 11.8. The normalized spacial score (nSPS) is 21.9. The molecule has 1 saturated heterocycles. The van der Waals surface area contributed by atoms with Crippen LogP contribution in [0.2, 0.25) is 0 Å². The molecule has 152 valence electrons. The molecule has 1 aliphatic heterocycles. The largest absolute Gasteiger partial charge is 0.385 e. The fraction of sp³-hybridized carbons (Fsp3) is 0.952. The summed E-state index contributed by atoms with van der Waals surface area (Å²) in [5.74, 6) is 1.79. The molecular weight excluding hydrogens is 324 g/mol. The Morgan fingerprint density at radius 1 is 1.15 bits per heavy atom. The summed E-state index contributed by atoms with van der Waals surface area (Å²) in [6.07, 6.45) is 10.3. The number of likely N-dealkylation sites (tertiary alicyclic amines) is 1. The van der Waals surface area contributed by atoms with Gasteiger partial charge in [0.15, 0.2) is 5.96 Å². The Kier molecular flexibility index (Phi) is 9.76. The predicted molar refractivity (Wildman–Crippen MR) is 111 cm³/mol. The summed E-state index contributed by atoms with van der Waals surface area (Å²) >= 11 is 0. The molecule has 0 aromatic carbocycles. The van der Waals surface area contributed by atoms with Crippen LogP contribution in [-0.4, -0.2) is 63.8 Å². The summed E-state index contributed by atoms with van der Waals surface area (Å²) in [6, 6.07) is 0. The van der Waals surface area contributed by atoms with Gasteiger partial charge in [0, 0.05) is 33.4 Å². The summed E-state index contributed by atoms with van der Waals surface area (Å²) in [6.45, 7) is 12.0. The Balaban J connectivity index is 1.80. The number of rotatable bonds is 10. The third-order valence-electron chi connectivity index (χ3n) is 6.22. The monoisotopic (exact) mass is 366 g/mol. The molecular formula is C21H42N4O. The Hall–Kier alpha value is -0.810. The first-order valence-electron chi connectivity index (χ1n) is 10.9. The maximum absolute atomic E-state index is 5.35. The zero-order chi connectivity index (χ0) is 18.7. The molecule has 1 saturated carbocycles. The van der Waals surface area contributed by atoms with Crippen molar-refractivity contribution >= 4 is 5.96 Å². The molecule has 0 amide bonds. The quantitative estimate of drug-likeness (QED) is 0.460. The van der Waals surface area contributed by atoms with Crippen LogP contribution < -0.4 is 10.6 Å². The van der Waals surface area contributed by atoms with Gasteiger partial charge in [-0.15, -0.1) is 0 Å². The summed E-state index contributed by atoms with van der Waals surface area (Å²) in [5.41, 5.74) is 0.365. The van der Waals surface area contributed by atoms with E-state index in [-0.39, 0.29) is 0 Å². The highest BCUT2D eigenvalue weighted by Crippen LogP contribution is 2.41. The van der Waals surface area contributed by atoms with E-state index in [0.717, 1.165) is 44.5 Å². The SMILES string of the molecule is CCCN1CCC(CNC(=NCC2(CCOC)CCCC2)NCC)CC1. The van der Waals surface area contributed by atoms with E-state index in [9.17, 15) is 0 Å². The van der Waals surface area contributed by atoms with Gasteiger partial charge in [-0.1, -0.05) is 19.8 Å². The van der Waals surface area contributed by atoms with E-state index in [2.05, 4.69) is 29.4 Å². The first kappa shape index (κ1) is 21.5. The molecule has 0 bridgehead atoms. The molecule has 26 heavy (non-hydrogen) atoms. The fourth-order valence-corrected chi connectivity index (χ4v) is 4.49. The van der Waals surface area contributed by atoms with Gasteiger partial charge in [0.05, 0.1) is 0 Å². The molecule has 5 heteroatoms. The lowest BCUT2D eigenvalue weighted by atomic mass is 9.83. The minimum atomic E-state index is 0.365. The summed E-state index contributed by atoms with van der Waals surface area (Å²) in [7, 11) is 1.81. The molecule has 5 nitrogen and oxygen atoms in total. The number of guanidine groups is 1. The minimum absolute atomic E-state index is 0.365. The van der Waals surface area contributed by atoms with Crippen LogP contribution in [0.5, 0.6) is 0 Å². The van der Waals surface area contributed by atoms with Crippen LogP contribution in [-0.2, 0) is 4.74 Å². The van der Waals surface area contributed by atoms with Crippen LogP contribution in [0.15, 0.2) is 4.99 Å². The van der Waals surface area contributed by atoms with E-state index < -0.39 is 0 Å². The highest BCUT2D eigenvalue weighted by atomic mass is 16.5. The van der Waals surface area contributed by atoms with E-state index in [1.54, 1.807) is 0 Å². The third kappa shape index (κ3) is 7.07. The number of aliphatic imine (C=N–C) groups is 1. The van der Waals surface area contributed by atoms with Gasteiger partial charge in [-0.2, -0.15) is 0 Å². The molecule has 0 unspecified atom stereocenters. The van der Waals surface area contributed by atoms with Gasteiger partial charge < -0.3 is 20.3 Å². The standard InChI is InChI=1S/C21H42N4O/c1-4-13-25-14-8-19(9-15-25)17-23-20(22-5-2)24-18-21(12-16-26-3)10-6-7-11-21/h19H,4-18H2,1-3H3,(H2,22,23,24). The Labute approximate surface area is 161 Å². The second-order valence-electron chi connectivity index (χ2n) is 8.31. The van der Waals surface area contributed by atoms with Crippen LogP contribution in [0.3, 0.4) is 0 Å². The second-order valence-corrected chi connectivity index (χ2v) is 8.31. The van der Waals surface area contributed by atoms with Crippen molar-refractivity contribution in [3.8, 4) is 0 Å². The Morgan fingerprint density at radius 2 is 1.88 bits per heavy atom. The van der Waals surface area contributed by atoms with Crippen LogP contribution >= 0.6 is 0 Å². The lowest BCUT2D eigenvalue weighted by Gasteiger charge is -2.32. The average molecular weight is 367 g/mol. The maximum atomic E-state index is 5.35. The number of piperidine rings is 1. The van der Waals surface area contributed by atoms with Gasteiger partial charge in [-0.3, -0.25) is 4.99 Å². The molecule has 0 aromatic rings. The van der Waals surface area contributed by atoms with Crippen molar-refractivity contribution in [2.75, 3.05) is 53.0 Å². The first-order valence-corrected chi connectivity index (χ1v) is 10.9. The van der Waals surface area contributed by atoms with Crippen LogP contribution in [0.4, 0.5) is 0 Å². The molecule has 2 N–H and O–H groups in total. The molecule has 1 aliphatic carbocycles. The molecule has 0 atom stereocenters. The summed E-state index contributed by atoms with van der Waals surface area (Å²) in [5, 5.41) is 7.07. The Morgan fingerprint density at radius 3 is 2.50 bits per heavy atom. The smallest absolute Gasteiger partial charge is 0.191 e. The molecule has 2 fully saturated rings. The molecule has 0 aromatic heterocycles. The van der Waals surface area contributed by atoms with Crippen LogP contribution in [0.25, 0.3) is 0 Å². The lowest BCUT2D eigenvalue weighted by molar-refractivity contribution is 0.141. The number of nitrogens with zero attached hydrogens (tertiary/aromatic N) is 2. The minimum Gasteiger partial charge on any atom is -0.385 e. The topological polar surface area (TPSA) is 48.9 Å². The molecule has 2 rings (SSSR count). The Bertz CT molecular complexity index is 399. The van der Waals surface area contributed by atoms with Gasteiger partial charge in [0.1, 0.15) is 0 Å². The summed E-state index contributed by atoms with van der Waals surface area (Å²) < 4.78 is 5.35. The molecule has 2 aliphatic rings. The van der Waals surface area contributed by atoms with Crippen molar-refractivity contribution < 1.29 is 4.74 Å². The highest BCUT2D eigenvalue weighted by molar-refractivity contribution is 5.79. The van der Waals surface area contributed by atoms with E-state index >= 15 is 0 Å². The van der Waals surface area contributed by atoms with Crippen molar-refractivity contribution in [2.45, 2.75) is 65.2 Å². The van der Waals surface area contributed by atoms with E-state index in [1.165, 1.54) is 64.6 Å². The van der Waals surface area contributed by atoms with E-state index in [0.29, 0.717) is 5.41 Å². The van der Waals surface area contributed by atoms with Crippen molar-refractivity contribution in [1.82, 2.24) is 15.5 Å². The number of hydrogen-bond donors (Lipinski definition) is 2. The van der Waals surface area contributed by atoms with E-state index in [1.807, 2.05) is 7.11 Å². The van der Waals surface area contributed by atoms with Crippen molar-refractivity contribution in [3.63, 3.8) is 0 Å². The molecule has 1 heterocycles. The number of nitrogens with one attached hydrogen (secondary N) is 2. The van der Waals surface area contributed by atoms with Crippen molar-refractivity contribution in [3.05, 3.63) is 0 Å². The number of hydrogen-bond acceptors (Lipinski definition) is 3. The first-order chi connectivity index (χ1) is 12.7. The zero-order valence-corrected chi connectivity index (χ0v) is 17.5. The number of ether oxygens (including phenoxy) is 1. The van der Waals surface area contributed by atoms with Gasteiger partial charge in [0.25, 0.3) is 0 Å². The third-order valence-corrected chi connectivity index (χ3v) is 6.22. The van der Waals surface area contributed by atoms with E-state index in [4.69, 9.17) is 9.73 Å². The number of methoxy groups -OCH3 is 1. The molecule has 0 spiro atoms. The predicted octanol–water partition coefficient (Wildman–Crippen LogP) is 3.26. The van der Waals surface area contributed by atoms with Gasteiger partial charge in [-0.05, 0) is 76.4 Å². The lowest BCUT2D eigenvalue weighted by Crippen LogP contribution is -2.43. The van der Waals surface area contributed by atoms with Crippen molar-refractivity contribution in [2.24, 2.45) is 16.3 Å². The maximum Gasteiger partial charge on any atom is 0.191 e. The van der Waals surface area contributed by atoms with Gasteiger partial charge >= 0.3 is 0 Å². The van der Waals surface area contributed by atoms with Crippen LogP contribution in [0, 0.1) is 11.3 Å². The summed E-state index contributed by atoms with van der Waals surface area (Å²) in [4.78, 5) is 7.58. The van der Waals surface area contributed by atoms with Crippen LogP contribution in [0.1, 0.15) is 65.2 Å².